The lowest BCUT2D eigenvalue weighted by Gasteiger charge is -2.47. The van der Waals surface area contributed by atoms with Gasteiger partial charge in [0.05, 0.1) is 0 Å². The Morgan fingerprint density at radius 1 is 1.17 bits per heavy atom. The highest BCUT2D eigenvalue weighted by Crippen LogP contribution is 2.39. The average Bonchev–Trinajstić information content (AvgIpc) is 2.51. The van der Waals surface area contributed by atoms with E-state index in [0.717, 1.165) is 6.04 Å². The summed E-state index contributed by atoms with van der Waals surface area (Å²) in [5.74, 6) is 0. The molecule has 1 aliphatic heterocycles. The molecule has 2 rings (SSSR count). The second-order valence-corrected chi connectivity index (χ2v) is 7.42. The van der Waals surface area contributed by atoms with E-state index in [-0.39, 0.29) is 0 Å². The van der Waals surface area contributed by atoms with Crippen LogP contribution in [0.4, 0.5) is 0 Å². The van der Waals surface area contributed by atoms with Gasteiger partial charge in [0.25, 0.3) is 0 Å². The summed E-state index contributed by atoms with van der Waals surface area (Å²) >= 11 is 0. The summed E-state index contributed by atoms with van der Waals surface area (Å²) in [6.07, 6.45) is 8.22. The largest absolute Gasteiger partial charge is 0.310 e. The minimum Gasteiger partial charge on any atom is -0.310 e. The van der Waals surface area contributed by atoms with Crippen LogP contribution in [0.5, 0.6) is 0 Å². The summed E-state index contributed by atoms with van der Waals surface area (Å²) in [6.45, 7) is 13.4. The molecule has 1 saturated carbocycles. The molecule has 2 nitrogen and oxygen atoms in total. The van der Waals surface area contributed by atoms with Gasteiger partial charge in [-0.25, -0.2) is 0 Å². The van der Waals surface area contributed by atoms with Crippen molar-refractivity contribution in [2.75, 3.05) is 19.6 Å². The van der Waals surface area contributed by atoms with Crippen LogP contribution >= 0.6 is 0 Å². The van der Waals surface area contributed by atoms with Crippen molar-refractivity contribution in [3.63, 3.8) is 0 Å². The summed E-state index contributed by atoms with van der Waals surface area (Å²) in [5, 5.41) is 3.76. The first-order valence-electron chi connectivity index (χ1n) is 7.96. The molecule has 0 bridgehead atoms. The quantitative estimate of drug-likeness (QED) is 0.810. The summed E-state index contributed by atoms with van der Waals surface area (Å²) < 4.78 is 0. The van der Waals surface area contributed by atoms with E-state index in [1.54, 1.807) is 0 Å². The average molecular weight is 252 g/mol. The Bertz CT molecular complexity index is 274. The highest BCUT2D eigenvalue weighted by molar-refractivity contribution is 4.95. The van der Waals surface area contributed by atoms with E-state index in [2.05, 4.69) is 37.9 Å². The van der Waals surface area contributed by atoms with Gasteiger partial charge in [0, 0.05) is 18.1 Å². The summed E-state index contributed by atoms with van der Waals surface area (Å²) in [5.41, 5.74) is 0.835. The van der Waals surface area contributed by atoms with Gasteiger partial charge in [0.15, 0.2) is 0 Å². The Hall–Kier alpha value is -0.0800. The first kappa shape index (κ1) is 14.3. The summed E-state index contributed by atoms with van der Waals surface area (Å²) in [4.78, 5) is 2.81. The standard InChI is InChI=1S/C16H32N2/c1-5-16(4)13-18(12-8-11-17-16)14-9-6-7-10-15(14,2)3/h14,17H,5-13H2,1-4H3. The highest BCUT2D eigenvalue weighted by atomic mass is 15.2. The van der Waals surface area contributed by atoms with E-state index in [1.165, 1.54) is 58.2 Å². The molecule has 1 N–H and O–H groups in total. The van der Waals surface area contributed by atoms with Crippen molar-refractivity contribution in [3.05, 3.63) is 0 Å². The second-order valence-electron chi connectivity index (χ2n) is 7.42. The van der Waals surface area contributed by atoms with E-state index in [1.807, 2.05) is 0 Å². The second kappa shape index (κ2) is 5.50. The Kier molecular flexibility index (Phi) is 4.38. The number of hydrogen-bond acceptors (Lipinski definition) is 2. The predicted molar refractivity (Wildman–Crippen MR) is 78.9 cm³/mol. The van der Waals surface area contributed by atoms with Crippen molar-refractivity contribution < 1.29 is 0 Å². The predicted octanol–water partition coefficient (Wildman–Crippen LogP) is 3.42. The maximum absolute atomic E-state index is 3.76. The van der Waals surface area contributed by atoms with Crippen molar-refractivity contribution in [3.8, 4) is 0 Å². The molecule has 106 valence electrons. The molecular formula is C16H32N2. The Morgan fingerprint density at radius 3 is 2.61 bits per heavy atom. The monoisotopic (exact) mass is 252 g/mol. The smallest absolute Gasteiger partial charge is 0.0277 e. The molecule has 0 aromatic heterocycles. The maximum Gasteiger partial charge on any atom is 0.0277 e. The Morgan fingerprint density at radius 2 is 1.94 bits per heavy atom. The lowest BCUT2D eigenvalue weighted by molar-refractivity contribution is 0.0376. The van der Waals surface area contributed by atoms with Crippen LogP contribution in [-0.4, -0.2) is 36.1 Å². The molecule has 0 radical (unpaired) electrons. The minimum atomic E-state index is 0.323. The van der Waals surface area contributed by atoms with Crippen molar-refractivity contribution in [1.29, 1.82) is 0 Å². The zero-order valence-corrected chi connectivity index (χ0v) is 12.9. The molecule has 2 fully saturated rings. The summed E-state index contributed by atoms with van der Waals surface area (Å²) in [7, 11) is 0. The molecule has 2 heteroatoms. The lowest BCUT2D eigenvalue weighted by Crippen LogP contribution is -2.54. The lowest BCUT2D eigenvalue weighted by atomic mass is 9.72. The van der Waals surface area contributed by atoms with Crippen LogP contribution in [0, 0.1) is 5.41 Å². The van der Waals surface area contributed by atoms with Crippen molar-refractivity contribution in [1.82, 2.24) is 10.2 Å². The fourth-order valence-corrected chi connectivity index (χ4v) is 3.91. The van der Waals surface area contributed by atoms with Gasteiger partial charge in [0.2, 0.25) is 0 Å². The van der Waals surface area contributed by atoms with Crippen LogP contribution in [0.25, 0.3) is 0 Å². The molecule has 0 aromatic rings. The molecule has 18 heavy (non-hydrogen) atoms. The number of rotatable bonds is 2. The zero-order valence-electron chi connectivity index (χ0n) is 12.9. The van der Waals surface area contributed by atoms with Crippen molar-refractivity contribution >= 4 is 0 Å². The Balaban J connectivity index is 2.10. The molecule has 1 saturated heterocycles. The topological polar surface area (TPSA) is 15.3 Å². The fourth-order valence-electron chi connectivity index (χ4n) is 3.91. The van der Waals surface area contributed by atoms with Crippen LogP contribution in [-0.2, 0) is 0 Å². The van der Waals surface area contributed by atoms with Gasteiger partial charge >= 0.3 is 0 Å². The van der Waals surface area contributed by atoms with E-state index >= 15 is 0 Å². The number of nitrogens with one attached hydrogen (secondary N) is 1. The zero-order chi connectivity index (χ0) is 13.2. The first-order chi connectivity index (χ1) is 8.47. The van der Waals surface area contributed by atoms with Crippen LogP contribution in [0.15, 0.2) is 0 Å². The van der Waals surface area contributed by atoms with Gasteiger partial charge < -0.3 is 5.32 Å². The molecule has 2 atom stereocenters. The molecule has 2 unspecified atom stereocenters. The van der Waals surface area contributed by atoms with Crippen molar-refractivity contribution in [2.24, 2.45) is 5.41 Å². The van der Waals surface area contributed by atoms with Crippen LogP contribution in [0.1, 0.15) is 66.2 Å². The Labute approximate surface area is 114 Å². The molecule has 0 spiro atoms. The highest BCUT2D eigenvalue weighted by Gasteiger charge is 2.39. The molecule has 1 aliphatic carbocycles. The van der Waals surface area contributed by atoms with E-state index in [0.29, 0.717) is 11.0 Å². The third-order valence-electron chi connectivity index (χ3n) is 5.40. The van der Waals surface area contributed by atoms with E-state index < -0.39 is 0 Å². The van der Waals surface area contributed by atoms with E-state index in [9.17, 15) is 0 Å². The minimum absolute atomic E-state index is 0.323. The number of nitrogens with zero attached hydrogens (tertiary/aromatic N) is 1. The van der Waals surface area contributed by atoms with Crippen LogP contribution in [0.2, 0.25) is 0 Å². The fraction of sp³-hybridized carbons (Fsp3) is 1.00. The van der Waals surface area contributed by atoms with Gasteiger partial charge in [-0.15, -0.1) is 0 Å². The molecular weight excluding hydrogens is 220 g/mol. The molecule has 1 heterocycles. The van der Waals surface area contributed by atoms with Gasteiger partial charge in [-0.1, -0.05) is 33.6 Å². The first-order valence-corrected chi connectivity index (χ1v) is 7.96. The molecule has 0 aromatic carbocycles. The maximum atomic E-state index is 3.76. The van der Waals surface area contributed by atoms with Crippen molar-refractivity contribution in [2.45, 2.75) is 77.8 Å². The SMILES string of the molecule is CCC1(C)CN(C2CCCCC2(C)C)CCCN1. The van der Waals surface area contributed by atoms with Gasteiger partial charge in [0.1, 0.15) is 0 Å². The third kappa shape index (κ3) is 3.08. The molecule has 0 amide bonds. The van der Waals surface area contributed by atoms with Gasteiger partial charge in [-0.2, -0.15) is 0 Å². The van der Waals surface area contributed by atoms with E-state index in [4.69, 9.17) is 0 Å². The van der Waals surface area contributed by atoms with Gasteiger partial charge in [-0.3, -0.25) is 4.90 Å². The summed E-state index contributed by atoms with van der Waals surface area (Å²) in [6, 6.07) is 0.803. The normalized spacial score (nSPS) is 38.3. The molecule has 2 aliphatic rings. The van der Waals surface area contributed by atoms with Crippen LogP contribution in [0.3, 0.4) is 0 Å². The van der Waals surface area contributed by atoms with Crippen LogP contribution < -0.4 is 5.32 Å². The number of hydrogen-bond donors (Lipinski definition) is 1. The third-order valence-corrected chi connectivity index (χ3v) is 5.40. The van der Waals surface area contributed by atoms with Gasteiger partial charge in [-0.05, 0) is 51.1 Å².